The molecule has 1 aromatic rings. The van der Waals surface area contributed by atoms with Gasteiger partial charge < -0.3 is 10.2 Å². The normalized spacial score (nSPS) is 18.3. The lowest BCUT2D eigenvalue weighted by Gasteiger charge is -2.35. The molecule has 0 amide bonds. The molecule has 2 heteroatoms. The van der Waals surface area contributed by atoms with Crippen LogP contribution in [0.5, 0.6) is 0 Å². The predicted octanol–water partition coefficient (Wildman–Crippen LogP) is 3.87. The van der Waals surface area contributed by atoms with Gasteiger partial charge in [0.1, 0.15) is 0 Å². The third kappa shape index (κ3) is 3.30. The number of benzene rings is 1. The van der Waals surface area contributed by atoms with Crippen LogP contribution >= 0.6 is 0 Å². The molecular formula is C17H28N2. The first-order valence-electron chi connectivity index (χ1n) is 7.51. The zero-order valence-electron chi connectivity index (χ0n) is 13.1. The highest BCUT2D eigenvalue weighted by Gasteiger charge is 2.32. The zero-order valence-corrected chi connectivity index (χ0v) is 13.1. The van der Waals surface area contributed by atoms with Crippen LogP contribution in [-0.2, 0) is 6.54 Å². The lowest BCUT2D eigenvalue weighted by atomic mass is 10.00. The van der Waals surface area contributed by atoms with Crippen molar-refractivity contribution in [2.45, 2.75) is 65.6 Å². The first-order valence-corrected chi connectivity index (χ1v) is 7.51. The van der Waals surface area contributed by atoms with Crippen LogP contribution in [0.25, 0.3) is 0 Å². The van der Waals surface area contributed by atoms with Gasteiger partial charge in [-0.05, 0) is 50.8 Å². The monoisotopic (exact) mass is 260 g/mol. The molecule has 1 saturated heterocycles. The van der Waals surface area contributed by atoms with Gasteiger partial charge >= 0.3 is 0 Å². The quantitative estimate of drug-likeness (QED) is 0.884. The molecule has 106 valence electrons. The van der Waals surface area contributed by atoms with Crippen LogP contribution in [-0.4, -0.2) is 18.1 Å². The SMILES string of the molecule is Cc1cc(CNC(C)C)ccc1N1CCCC1(C)C. The summed E-state index contributed by atoms with van der Waals surface area (Å²) < 4.78 is 0. The number of nitrogens with zero attached hydrogens (tertiary/aromatic N) is 1. The molecule has 0 aliphatic carbocycles. The molecule has 19 heavy (non-hydrogen) atoms. The van der Waals surface area contributed by atoms with Crippen molar-refractivity contribution >= 4 is 5.69 Å². The molecular weight excluding hydrogens is 232 g/mol. The fraction of sp³-hybridized carbons (Fsp3) is 0.647. The van der Waals surface area contributed by atoms with Crippen molar-refractivity contribution in [2.24, 2.45) is 0 Å². The highest BCUT2D eigenvalue weighted by molar-refractivity contribution is 5.57. The Morgan fingerprint density at radius 1 is 1.32 bits per heavy atom. The molecule has 0 spiro atoms. The number of rotatable bonds is 4. The lowest BCUT2D eigenvalue weighted by Crippen LogP contribution is -2.38. The van der Waals surface area contributed by atoms with Crippen LogP contribution in [0.3, 0.4) is 0 Å². The number of hydrogen-bond donors (Lipinski definition) is 1. The van der Waals surface area contributed by atoms with Gasteiger partial charge in [0.2, 0.25) is 0 Å². The molecule has 1 N–H and O–H groups in total. The minimum absolute atomic E-state index is 0.308. The minimum atomic E-state index is 0.308. The van der Waals surface area contributed by atoms with Crippen molar-refractivity contribution in [3.8, 4) is 0 Å². The van der Waals surface area contributed by atoms with E-state index in [0.717, 1.165) is 6.54 Å². The summed E-state index contributed by atoms with van der Waals surface area (Å²) in [6, 6.07) is 7.45. The Hall–Kier alpha value is -1.02. The van der Waals surface area contributed by atoms with Gasteiger partial charge in [0.05, 0.1) is 0 Å². The second-order valence-corrected chi connectivity index (χ2v) is 6.72. The maximum absolute atomic E-state index is 3.48. The third-order valence-electron chi connectivity index (χ3n) is 4.17. The van der Waals surface area contributed by atoms with Gasteiger partial charge in [-0.15, -0.1) is 0 Å². The molecule has 1 aliphatic rings. The summed E-state index contributed by atoms with van der Waals surface area (Å²) in [6.07, 6.45) is 2.60. The first-order chi connectivity index (χ1) is 8.90. The van der Waals surface area contributed by atoms with E-state index in [1.807, 2.05) is 0 Å². The maximum Gasteiger partial charge on any atom is 0.0400 e. The third-order valence-corrected chi connectivity index (χ3v) is 4.17. The second-order valence-electron chi connectivity index (χ2n) is 6.72. The minimum Gasteiger partial charge on any atom is -0.366 e. The van der Waals surface area contributed by atoms with Gasteiger partial charge in [-0.2, -0.15) is 0 Å². The molecule has 0 unspecified atom stereocenters. The van der Waals surface area contributed by atoms with Crippen LogP contribution in [0.1, 0.15) is 51.7 Å². The van der Waals surface area contributed by atoms with Crippen molar-refractivity contribution in [2.75, 3.05) is 11.4 Å². The van der Waals surface area contributed by atoms with Crippen molar-refractivity contribution < 1.29 is 0 Å². The molecule has 0 aromatic heterocycles. The van der Waals surface area contributed by atoms with Crippen molar-refractivity contribution in [3.63, 3.8) is 0 Å². The average Bonchev–Trinajstić information content (AvgIpc) is 2.66. The van der Waals surface area contributed by atoms with Crippen molar-refractivity contribution in [1.82, 2.24) is 5.32 Å². The standard InChI is InChI=1S/C17H28N2/c1-13(2)18-12-15-7-8-16(14(3)11-15)19-10-6-9-17(19,4)5/h7-8,11,13,18H,6,9-10,12H2,1-5H3. The van der Waals surface area contributed by atoms with E-state index in [4.69, 9.17) is 0 Å². The molecule has 0 bridgehead atoms. The van der Waals surface area contributed by atoms with Crippen LogP contribution in [0, 0.1) is 6.92 Å². The van der Waals surface area contributed by atoms with E-state index in [9.17, 15) is 0 Å². The Kier molecular flexibility index (Phi) is 4.19. The number of aryl methyl sites for hydroxylation is 1. The molecule has 1 aliphatic heterocycles. The van der Waals surface area contributed by atoms with Crippen LogP contribution in [0.2, 0.25) is 0 Å². The summed E-state index contributed by atoms with van der Waals surface area (Å²) in [5.74, 6) is 0. The average molecular weight is 260 g/mol. The van der Waals surface area contributed by atoms with E-state index in [0.29, 0.717) is 11.6 Å². The Morgan fingerprint density at radius 3 is 2.58 bits per heavy atom. The Morgan fingerprint density at radius 2 is 2.05 bits per heavy atom. The van der Waals surface area contributed by atoms with Gasteiger partial charge in [-0.1, -0.05) is 26.0 Å². The molecule has 0 radical (unpaired) electrons. The zero-order chi connectivity index (χ0) is 14.0. The van der Waals surface area contributed by atoms with E-state index in [-0.39, 0.29) is 0 Å². The van der Waals surface area contributed by atoms with Gasteiger partial charge in [0.15, 0.2) is 0 Å². The number of anilines is 1. The fourth-order valence-electron chi connectivity index (χ4n) is 3.01. The van der Waals surface area contributed by atoms with E-state index in [2.05, 4.69) is 63.0 Å². The summed E-state index contributed by atoms with van der Waals surface area (Å²) in [4.78, 5) is 2.57. The smallest absolute Gasteiger partial charge is 0.0400 e. The molecule has 0 saturated carbocycles. The summed E-state index contributed by atoms with van der Waals surface area (Å²) in [5.41, 5.74) is 4.50. The largest absolute Gasteiger partial charge is 0.366 e. The Bertz CT molecular complexity index is 435. The lowest BCUT2D eigenvalue weighted by molar-refractivity contribution is 0.517. The molecule has 1 fully saturated rings. The maximum atomic E-state index is 3.48. The van der Waals surface area contributed by atoms with E-state index < -0.39 is 0 Å². The van der Waals surface area contributed by atoms with Crippen LogP contribution in [0.15, 0.2) is 18.2 Å². The summed E-state index contributed by atoms with van der Waals surface area (Å²) in [5, 5.41) is 3.48. The predicted molar refractivity (Wildman–Crippen MR) is 83.8 cm³/mol. The number of nitrogens with one attached hydrogen (secondary N) is 1. The second kappa shape index (κ2) is 5.54. The molecule has 2 rings (SSSR count). The van der Waals surface area contributed by atoms with Crippen LogP contribution in [0.4, 0.5) is 5.69 Å². The highest BCUT2D eigenvalue weighted by atomic mass is 15.2. The van der Waals surface area contributed by atoms with E-state index in [1.165, 1.54) is 36.2 Å². The topological polar surface area (TPSA) is 15.3 Å². The van der Waals surface area contributed by atoms with Crippen LogP contribution < -0.4 is 10.2 Å². The van der Waals surface area contributed by atoms with E-state index in [1.54, 1.807) is 0 Å². The Balaban J connectivity index is 2.15. The molecule has 1 aromatic carbocycles. The summed E-state index contributed by atoms with van der Waals surface area (Å²) in [7, 11) is 0. The van der Waals surface area contributed by atoms with Gasteiger partial charge in [-0.25, -0.2) is 0 Å². The van der Waals surface area contributed by atoms with E-state index >= 15 is 0 Å². The first kappa shape index (κ1) is 14.4. The van der Waals surface area contributed by atoms with Gasteiger partial charge in [0.25, 0.3) is 0 Å². The Labute approximate surface area is 118 Å². The summed E-state index contributed by atoms with van der Waals surface area (Å²) in [6.45, 7) is 13.5. The summed E-state index contributed by atoms with van der Waals surface area (Å²) >= 11 is 0. The fourth-order valence-corrected chi connectivity index (χ4v) is 3.01. The van der Waals surface area contributed by atoms with Gasteiger partial charge in [-0.3, -0.25) is 0 Å². The highest BCUT2D eigenvalue weighted by Crippen LogP contribution is 2.35. The number of hydrogen-bond acceptors (Lipinski definition) is 2. The molecule has 1 heterocycles. The van der Waals surface area contributed by atoms with Crippen molar-refractivity contribution in [1.29, 1.82) is 0 Å². The molecule has 2 nitrogen and oxygen atoms in total. The molecule has 0 atom stereocenters. The van der Waals surface area contributed by atoms with Gasteiger partial charge in [0, 0.05) is 30.4 Å². The van der Waals surface area contributed by atoms with Crippen molar-refractivity contribution in [3.05, 3.63) is 29.3 Å².